The van der Waals surface area contributed by atoms with Crippen LogP contribution in [0.1, 0.15) is 27.2 Å². The lowest BCUT2D eigenvalue weighted by Gasteiger charge is -2.02. The number of nitrogens with zero attached hydrogens (tertiary/aromatic N) is 1. The van der Waals surface area contributed by atoms with Crippen molar-refractivity contribution < 1.29 is 24.2 Å². The van der Waals surface area contributed by atoms with Crippen LogP contribution in [0.4, 0.5) is 4.79 Å². The molecule has 0 radical (unpaired) electrons. The largest absolute Gasteiger partial charge is 0.481 e. The van der Waals surface area contributed by atoms with Gasteiger partial charge in [-0.15, -0.1) is 11.3 Å². The number of rotatable bonds is 9. The summed E-state index contributed by atoms with van der Waals surface area (Å²) >= 11 is 1.34. The van der Waals surface area contributed by atoms with Gasteiger partial charge in [-0.2, -0.15) is 0 Å². The zero-order valence-corrected chi connectivity index (χ0v) is 19.7. The molecule has 10 nitrogen and oxygen atoms in total. The average molecular weight is 498 g/mol. The topological polar surface area (TPSA) is 183 Å². The minimum absolute atomic E-state index is 0.0387. The summed E-state index contributed by atoms with van der Waals surface area (Å²) in [6.07, 6.45) is -0.842. The number of primary amides is 1. The van der Waals surface area contributed by atoms with Crippen LogP contribution < -0.4 is 22.5 Å². The summed E-state index contributed by atoms with van der Waals surface area (Å²) in [4.78, 5) is 38.1. The van der Waals surface area contributed by atoms with E-state index in [4.69, 9.17) is 22.3 Å². The summed E-state index contributed by atoms with van der Waals surface area (Å²) in [5.41, 5.74) is 18.3. The summed E-state index contributed by atoms with van der Waals surface area (Å²) in [7, 11) is 0. The van der Waals surface area contributed by atoms with Crippen molar-refractivity contribution >= 4 is 35.3 Å². The number of aliphatic carboxylic acids is 1. The van der Waals surface area contributed by atoms with Gasteiger partial charge in [0, 0.05) is 11.4 Å². The lowest BCUT2D eigenvalue weighted by atomic mass is 10.1. The summed E-state index contributed by atoms with van der Waals surface area (Å²) < 4.78 is 4.57. The fourth-order valence-corrected chi connectivity index (χ4v) is 3.64. The molecule has 0 bridgehead atoms. The number of aliphatic imine (C=N–C) groups is 1. The lowest BCUT2D eigenvalue weighted by molar-refractivity contribution is -0.136. The highest BCUT2D eigenvalue weighted by Gasteiger charge is 2.11. The van der Waals surface area contributed by atoms with E-state index in [-0.39, 0.29) is 31.4 Å². The molecule has 0 saturated carbocycles. The number of thiophene rings is 1. The van der Waals surface area contributed by atoms with Crippen LogP contribution in [0.15, 0.2) is 71.7 Å². The van der Waals surface area contributed by atoms with Gasteiger partial charge in [0.2, 0.25) is 0 Å². The Balaban J connectivity index is 0.000000328. The smallest absolute Gasteiger partial charge is 0.404 e. The van der Waals surface area contributed by atoms with Gasteiger partial charge < -0.3 is 32.4 Å². The molecular formula is C24H27N5O5S. The number of ether oxygens (including phenoxy) is 1. The highest BCUT2D eigenvalue weighted by Crippen LogP contribution is 2.28. The molecule has 0 unspecified atom stereocenters. The molecule has 3 aromatic rings. The molecule has 11 heteroatoms. The maximum atomic E-state index is 12.0. The zero-order valence-electron chi connectivity index (χ0n) is 18.8. The van der Waals surface area contributed by atoms with Crippen LogP contribution in [0.5, 0.6) is 0 Å². The monoisotopic (exact) mass is 497 g/mol. The third-order valence-corrected chi connectivity index (χ3v) is 5.47. The third kappa shape index (κ3) is 10.4. The minimum atomic E-state index is -0.945. The maximum absolute atomic E-state index is 12.0. The van der Waals surface area contributed by atoms with Gasteiger partial charge in [-0.05, 0) is 34.9 Å². The predicted octanol–water partition coefficient (Wildman–Crippen LogP) is 2.67. The molecule has 2 amide bonds. The Hall–Kier alpha value is -4.38. The molecule has 0 saturated heterocycles. The number of carboxylic acid groups (broad SMARTS) is 1. The van der Waals surface area contributed by atoms with Crippen molar-refractivity contribution in [1.29, 1.82) is 0 Å². The van der Waals surface area contributed by atoms with Crippen molar-refractivity contribution in [3.8, 4) is 10.4 Å². The predicted molar refractivity (Wildman–Crippen MR) is 135 cm³/mol. The van der Waals surface area contributed by atoms with Gasteiger partial charge in [-0.25, -0.2) is 9.79 Å². The van der Waals surface area contributed by atoms with Crippen molar-refractivity contribution in [1.82, 2.24) is 5.32 Å². The first-order valence-electron chi connectivity index (χ1n) is 10.4. The van der Waals surface area contributed by atoms with E-state index in [0.29, 0.717) is 11.4 Å². The highest BCUT2D eigenvalue weighted by atomic mass is 32.1. The van der Waals surface area contributed by atoms with E-state index in [1.807, 2.05) is 60.7 Å². The van der Waals surface area contributed by atoms with Crippen molar-refractivity contribution in [2.24, 2.45) is 22.2 Å². The minimum Gasteiger partial charge on any atom is -0.481 e. The van der Waals surface area contributed by atoms with Crippen molar-refractivity contribution in [2.45, 2.75) is 19.6 Å². The molecule has 0 aliphatic carbocycles. The van der Waals surface area contributed by atoms with E-state index < -0.39 is 12.1 Å². The lowest BCUT2D eigenvalue weighted by Crippen LogP contribution is -2.25. The molecule has 0 aliphatic heterocycles. The van der Waals surface area contributed by atoms with Crippen LogP contribution in [0.2, 0.25) is 0 Å². The second kappa shape index (κ2) is 14.0. The van der Waals surface area contributed by atoms with Gasteiger partial charge in [0.1, 0.15) is 6.61 Å². The number of hydrogen-bond donors (Lipinski definition) is 5. The van der Waals surface area contributed by atoms with Crippen LogP contribution in [-0.2, 0) is 22.7 Å². The first-order chi connectivity index (χ1) is 16.7. The van der Waals surface area contributed by atoms with Gasteiger partial charge in [0.25, 0.3) is 5.91 Å². The van der Waals surface area contributed by atoms with Crippen LogP contribution >= 0.6 is 11.3 Å². The summed E-state index contributed by atoms with van der Waals surface area (Å²) in [5, 5.41) is 11.2. The van der Waals surface area contributed by atoms with Gasteiger partial charge in [0.05, 0.1) is 17.8 Å². The zero-order chi connectivity index (χ0) is 25.6. The number of nitrogens with two attached hydrogens (primary N) is 3. The van der Waals surface area contributed by atoms with Crippen molar-refractivity contribution in [3.63, 3.8) is 0 Å². The fourth-order valence-electron chi connectivity index (χ4n) is 2.72. The number of guanidine groups is 1. The molecule has 0 spiro atoms. The van der Waals surface area contributed by atoms with Gasteiger partial charge >= 0.3 is 12.1 Å². The number of carbonyl (C=O) groups is 3. The summed E-state index contributed by atoms with van der Waals surface area (Å²) in [5.74, 6) is -1.18. The molecule has 1 heterocycles. The fraction of sp³-hybridized carbons (Fsp3) is 0.167. The van der Waals surface area contributed by atoms with Crippen molar-refractivity contribution in [2.75, 3.05) is 6.54 Å². The Morgan fingerprint density at radius 2 is 1.66 bits per heavy atom. The third-order valence-electron chi connectivity index (χ3n) is 4.33. The van der Waals surface area contributed by atoms with Crippen LogP contribution in [0.25, 0.3) is 10.4 Å². The molecule has 0 fully saturated rings. The number of carboxylic acids is 1. The molecule has 184 valence electrons. The SMILES string of the molecule is NC(=O)OCc1ccccc1.NC(N)=NCc1cccc(-c2ccc(C(=O)NCCC(=O)O)s2)c1. The Kier molecular flexibility index (Phi) is 10.8. The number of amides is 2. The summed E-state index contributed by atoms with van der Waals surface area (Å²) in [6.45, 7) is 0.746. The van der Waals surface area contributed by atoms with E-state index in [0.717, 1.165) is 21.6 Å². The molecule has 0 aliphatic rings. The molecule has 0 atom stereocenters. The second-order valence-electron chi connectivity index (χ2n) is 7.10. The first kappa shape index (κ1) is 26.9. The number of carbonyl (C=O) groups excluding carboxylic acids is 2. The van der Waals surface area contributed by atoms with E-state index in [9.17, 15) is 14.4 Å². The van der Waals surface area contributed by atoms with Crippen molar-refractivity contribution in [3.05, 3.63) is 82.7 Å². The molecule has 2 aromatic carbocycles. The maximum Gasteiger partial charge on any atom is 0.404 e. The number of benzene rings is 2. The van der Waals surface area contributed by atoms with E-state index in [1.54, 1.807) is 6.07 Å². The molecule has 3 rings (SSSR count). The van der Waals surface area contributed by atoms with Crippen LogP contribution in [0.3, 0.4) is 0 Å². The number of nitrogens with one attached hydrogen (secondary N) is 1. The first-order valence-corrected chi connectivity index (χ1v) is 11.3. The Labute approximate surface area is 206 Å². The molecule has 1 aromatic heterocycles. The summed E-state index contributed by atoms with van der Waals surface area (Å²) in [6, 6.07) is 20.7. The normalized spacial score (nSPS) is 9.83. The molecule has 35 heavy (non-hydrogen) atoms. The number of hydrogen-bond acceptors (Lipinski definition) is 6. The molecule has 8 N–H and O–H groups in total. The average Bonchev–Trinajstić information content (AvgIpc) is 3.33. The van der Waals surface area contributed by atoms with Crippen LogP contribution in [0, 0.1) is 0 Å². The van der Waals surface area contributed by atoms with E-state index in [1.165, 1.54) is 11.3 Å². The Bertz CT molecular complexity index is 1160. The Morgan fingerprint density at radius 1 is 0.943 bits per heavy atom. The standard InChI is InChI=1S/C16H18N4O3S.C8H9NO2/c17-16(18)20-9-10-2-1-3-11(8-10)12-4-5-13(24-12)15(23)19-7-6-14(21)22;9-8(10)11-6-7-4-2-1-3-5-7/h1-5,8H,6-7,9H2,(H,19,23)(H,21,22)(H4,17,18,20);1-5H,6H2,(H2,9,10). The quantitative estimate of drug-likeness (QED) is 0.222. The Morgan fingerprint density at radius 3 is 2.31 bits per heavy atom. The molecular weight excluding hydrogens is 470 g/mol. The van der Waals surface area contributed by atoms with Gasteiger partial charge in [-0.1, -0.05) is 48.5 Å². The van der Waals surface area contributed by atoms with E-state index in [2.05, 4.69) is 15.0 Å². The van der Waals surface area contributed by atoms with Crippen LogP contribution in [-0.4, -0.2) is 35.6 Å². The second-order valence-corrected chi connectivity index (χ2v) is 8.18. The highest BCUT2D eigenvalue weighted by molar-refractivity contribution is 7.17. The van der Waals surface area contributed by atoms with E-state index >= 15 is 0 Å². The van der Waals surface area contributed by atoms with Gasteiger partial charge in [0.15, 0.2) is 5.96 Å². The van der Waals surface area contributed by atoms with Gasteiger partial charge in [-0.3, -0.25) is 9.59 Å².